The first-order valence-electron chi connectivity index (χ1n) is 7.46. The van der Waals surface area contributed by atoms with Crippen LogP contribution < -0.4 is 15.2 Å². The number of hydrogen-bond donors (Lipinski definition) is 1. The molecule has 0 aromatic heterocycles. The minimum atomic E-state index is 0.491. The van der Waals surface area contributed by atoms with Crippen molar-refractivity contribution in [2.45, 2.75) is 25.8 Å². The van der Waals surface area contributed by atoms with E-state index in [9.17, 15) is 0 Å². The van der Waals surface area contributed by atoms with Gasteiger partial charge in [-0.25, -0.2) is 0 Å². The van der Waals surface area contributed by atoms with Crippen LogP contribution in [0.2, 0.25) is 0 Å². The van der Waals surface area contributed by atoms with Gasteiger partial charge in [0.15, 0.2) is 11.5 Å². The van der Waals surface area contributed by atoms with Crippen LogP contribution in [-0.2, 0) is 0 Å². The molecule has 0 radical (unpaired) electrons. The van der Waals surface area contributed by atoms with E-state index < -0.39 is 0 Å². The topological polar surface area (TPSA) is 47.7 Å². The minimum absolute atomic E-state index is 0.491. The van der Waals surface area contributed by atoms with Crippen molar-refractivity contribution in [2.75, 3.05) is 33.4 Å². The van der Waals surface area contributed by atoms with Crippen molar-refractivity contribution in [1.29, 1.82) is 0 Å². The van der Waals surface area contributed by atoms with Crippen LogP contribution in [0.4, 0.5) is 0 Å². The van der Waals surface area contributed by atoms with Crippen molar-refractivity contribution >= 4 is 0 Å². The van der Waals surface area contributed by atoms with Crippen molar-refractivity contribution in [3.8, 4) is 11.5 Å². The highest BCUT2D eigenvalue weighted by Crippen LogP contribution is 2.26. The molecule has 1 saturated heterocycles. The van der Waals surface area contributed by atoms with Gasteiger partial charge in [0, 0.05) is 19.1 Å². The van der Waals surface area contributed by atoms with Gasteiger partial charge in [-0.3, -0.25) is 4.90 Å². The summed E-state index contributed by atoms with van der Waals surface area (Å²) in [6.45, 7) is 5.75. The Morgan fingerprint density at radius 3 is 2.75 bits per heavy atom. The number of nitrogens with zero attached hydrogens (tertiary/aromatic N) is 1. The predicted octanol–water partition coefficient (Wildman–Crippen LogP) is 2.13. The van der Waals surface area contributed by atoms with Gasteiger partial charge in [0.25, 0.3) is 0 Å². The highest BCUT2D eigenvalue weighted by Gasteiger charge is 2.26. The molecule has 4 heteroatoms. The Balaban J connectivity index is 1.85. The molecule has 2 unspecified atom stereocenters. The number of para-hydroxylation sites is 2. The number of methoxy groups -OCH3 is 1. The average molecular weight is 278 g/mol. The Kier molecular flexibility index (Phi) is 5.68. The summed E-state index contributed by atoms with van der Waals surface area (Å²) in [5.41, 5.74) is 5.91. The summed E-state index contributed by atoms with van der Waals surface area (Å²) in [5, 5.41) is 0. The first-order chi connectivity index (χ1) is 9.76. The van der Waals surface area contributed by atoms with Gasteiger partial charge in [-0.05, 0) is 37.4 Å². The zero-order valence-corrected chi connectivity index (χ0v) is 12.5. The molecule has 2 N–H and O–H groups in total. The number of piperidine rings is 1. The molecule has 1 aromatic carbocycles. The lowest BCUT2D eigenvalue weighted by Gasteiger charge is -2.39. The first kappa shape index (κ1) is 15.1. The van der Waals surface area contributed by atoms with Crippen LogP contribution in [0.5, 0.6) is 11.5 Å². The van der Waals surface area contributed by atoms with E-state index in [0.29, 0.717) is 18.6 Å². The van der Waals surface area contributed by atoms with Crippen LogP contribution >= 0.6 is 0 Å². The third kappa shape index (κ3) is 3.64. The standard InChI is InChI=1S/C16H26N2O2/c1-13-6-5-9-18(14(13)12-17)10-11-20-16-8-4-3-7-15(16)19-2/h3-4,7-8,13-14H,5-6,9-12,17H2,1-2H3. The van der Waals surface area contributed by atoms with Crippen molar-refractivity contribution < 1.29 is 9.47 Å². The minimum Gasteiger partial charge on any atom is -0.493 e. The largest absolute Gasteiger partial charge is 0.493 e. The second-order valence-corrected chi connectivity index (χ2v) is 5.46. The van der Waals surface area contributed by atoms with E-state index in [1.165, 1.54) is 12.8 Å². The molecule has 1 heterocycles. The lowest BCUT2D eigenvalue weighted by atomic mass is 9.91. The van der Waals surface area contributed by atoms with Crippen molar-refractivity contribution in [2.24, 2.45) is 11.7 Å². The molecular formula is C16H26N2O2. The lowest BCUT2D eigenvalue weighted by Crippen LogP contribution is -2.49. The third-order valence-corrected chi connectivity index (χ3v) is 4.18. The molecule has 0 spiro atoms. The zero-order valence-electron chi connectivity index (χ0n) is 12.5. The maximum absolute atomic E-state index is 5.91. The van der Waals surface area contributed by atoms with Crippen LogP contribution in [0.25, 0.3) is 0 Å². The quantitative estimate of drug-likeness (QED) is 0.866. The summed E-state index contributed by atoms with van der Waals surface area (Å²) >= 11 is 0. The Morgan fingerprint density at radius 1 is 1.30 bits per heavy atom. The van der Waals surface area contributed by atoms with Gasteiger partial charge in [-0.2, -0.15) is 0 Å². The Morgan fingerprint density at radius 2 is 2.05 bits per heavy atom. The molecule has 1 fully saturated rings. The van der Waals surface area contributed by atoms with E-state index >= 15 is 0 Å². The zero-order chi connectivity index (χ0) is 14.4. The van der Waals surface area contributed by atoms with Gasteiger partial charge in [-0.1, -0.05) is 19.1 Å². The number of hydrogen-bond acceptors (Lipinski definition) is 4. The highest BCUT2D eigenvalue weighted by atomic mass is 16.5. The van der Waals surface area contributed by atoms with Gasteiger partial charge in [-0.15, -0.1) is 0 Å². The second-order valence-electron chi connectivity index (χ2n) is 5.46. The Labute approximate surface area is 121 Å². The first-order valence-corrected chi connectivity index (χ1v) is 7.46. The average Bonchev–Trinajstić information content (AvgIpc) is 2.48. The maximum atomic E-state index is 5.91. The van der Waals surface area contributed by atoms with Gasteiger partial charge in [0.1, 0.15) is 6.61 Å². The summed E-state index contributed by atoms with van der Waals surface area (Å²) in [6, 6.07) is 8.26. The fourth-order valence-corrected chi connectivity index (χ4v) is 3.00. The SMILES string of the molecule is COc1ccccc1OCCN1CCCC(C)C1CN. The van der Waals surface area contributed by atoms with E-state index in [1.807, 2.05) is 24.3 Å². The molecule has 1 aliphatic heterocycles. The maximum Gasteiger partial charge on any atom is 0.161 e. The molecule has 2 rings (SSSR count). The Bertz CT molecular complexity index is 411. The number of likely N-dealkylation sites (tertiary alicyclic amines) is 1. The van der Waals surface area contributed by atoms with Gasteiger partial charge >= 0.3 is 0 Å². The summed E-state index contributed by atoms with van der Waals surface area (Å²) in [6.07, 6.45) is 2.54. The van der Waals surface area contributed by atoms with Crippen LogP contribution in [0.15, 0.2) is 24.3 Å². The molecule has 112 valence electrons. The smallest absolute Gasteiger partial charge is 0.161 e. The lowest BCUT2D eigenvalue weighted by molar-refractivity contribution is 0.0889. The fourth-order valence-electron chi connectivity index (χ4n) is 3.00. The van der Waals surface area contributed by atoms with E-state index in [2.05, 4.69) is 11.8 Å². The van der Waals surface area contributed by atoms with Gasteiger partial charge < -0.3 is 15.2 Å². The van der Waals surface area contributed by atoms with Crippen molar-refractivity contribution in [3.63, 3.8) is 0 Å². The molecular weight excluding hydrogens is 252 g/mol. The Hall–Kier alpha value is -1.26. The highest BCUT2D eigenvalue weighted by molar-refractivity contribution is 5.39. The summed E-state index contributed by atoms with van der Waals surface area (Å²) in [7, 11) is 1.67. The number of ether oxygens (including phenoxy) is 2. The van der Waals surface area contributed by atoms with E-state index in [1.54, 1.807) is 7.11 Å². The normalized spacial score (nSPS) is 23.6. The van der Waals surface area contributed by atoms with Crippen molar-refractivity contribution in [1.82, 2.24) is 4.90 Å². The monoisotopic (exact) mass is 278 g/mol. The van der Waals surface area contributed by atoms with Crippen LogP contribution in [0.3, 0.4) is 0 Å². The molecule has 0 amide bonds. The number of rotatable bonds is 6. The second kappa shape index (κ2) is 7.50. The fraction of sp³-hybridized carbons (Fsp3) is 0.625. The predicted molar refractivity (Wildman–Crippen MR) is 81.3 cm³/mol. The van der Waals surface area contributed by atoms with E-state index in [4.69, 9.17) is 15.2 Å². The summed E-state index contributed by atoms with van der Waals surface area (Å²) in [5.74, 6) is 2.28. The third-order valence-electron chi connectivity index (χ3n) is 4.18. The van der Waals surface area contributed by atoms with E-state index in [0.717, 1.165) is 31.1 Å². The molecule has 20 heavy (non-hydrogen) atoms. The molecule has 1 aromatic rings. The molecule has 0 aliphatic carbocycles. The number of benzene rings is 1. The molecule has 2 atom stereocenters. The van der Waals surface area contributed by atoms with Gasteiger partial charge in [0.2, 0.25) is 0 Å². The van der Waals surface area contributed by atoms with Gasteiger partial charge in [0.05, 0.1) is 7.11 Å². The molecule has 4 nitrogen and oxygen atoms in total. The molecule has 0 bridgehead atoms. The van der Waals surface area contributed by atoms with Crippen molar-refractivity contribution in [3.05, 3.63) is 24.3 Å². The summed E-state index contributed by atoms with van der Waals surface area (Å²) in [4.78, 5) is 2.46. The summed E-state index contributed by atoms with van der Waals surface area (Å²) < 4.78 is 11.1. The van der Waals surface area contributed by atoms with Crippen LogP contribution in [-0.4, -0.2) is 44.3 Å². The van der Waals surface area contributed by atoms with Crippen LogP contribution in [0.1, 0.15) is 19.8 Å². The van der Waals surface area contributed by atoms with E-state index in [-0.39, 0.29) is 0 Å². The molecule has 1 aliphatic rings. The number of nitrogens with two attached hydrogens (primary N) is 1. The van der Waals surface area contributed by atoms with Crippen LogP contribution in [0, 0.1) is 5.92 Å². The molecule has 0 saturated carbocycles.